The number of halogens is 1. The van der Waals surface area contributed by atoms with E-state index in [1.54, 1.807) is 0 Å². The fourth-order valence-corrected chi connectivity index (χ4v) is 1.77. The molecule has 1 rings (SSSR count). The van der Waals surface area contributed by atoms with Crippen LogP contribution < -0.4 is 11.1 Å². The molecule has 1 aromatic rings. The summed E-state index contributed by atoms with van der Waals surface area (Å²) >= 11 is 0. The van der Waals surface area contributed by atoms with E-state index >= 15 is 0 Å². The molecule has 1 amide bonds. The third-order valence-electron chi connectivity index (χ3n) is 2.58. The van der Waals surface area contributed by atoms with Crippen molar-refractivity contribution in [2.75, 3.05) is 17.7 Å². The molecule has 1 atom stereocenters. The lowest BCUT2D eigenvalue weighted by Crippen LogP contribution is -2.22. The minimum Gasteiger partial charge on any atom is -0.396 e. The average Bonchev–Trinajstić information content (AvgIpc) is 2.30. The number of anilines is 2. The first kappa shape index (κ1) is 15.4. The molecule has 0 aliphatic heterocycles. The van der Waals surface area contributed by atoms with Gasteiger partial charge in [-0.15, -0.1) is 0 Å². The highest BCUT2D eigenvalue weighted by molar-refractivity contribution is 5.92. The number of hydrogen-bond donors (Lipinski definition) is 2. The Labute approximate surface area is 113 Å². The molecule has 0 saturated heterocycles. The Balaban J connectivity index is 2.40. The summed E-state index contributed by atoms with van der Waals surface area (Å²) in [6.45, 7) is 6.11. The van der Waals surface area contributed by atoms with Crippen molar-refractivity contribution in [2.24, 2.45) is 5.92 Å². The van der Waals surface area contributed by atoms with Gasteiger partial charge < -0.3 is 15.8 Å². The molecule has 19 heavy (non-hydrogen) atoms. The molecule has 0 radical (unpaired) electrons. The van der Waals surface area contributed by atoms with Gasteiger partial charge in [0.25, 0.3) is 0 Å². The molecule has 0 bridgehead atoms. The van der Waals surface area contributed by atoms with E-state index in [0.29, 0.717) is 11.6 Å². The van der Waals surface area contributed by atoms with Crippen molar-refractivity contribution < 1.29 is 13.9 Å². The van der Waals surface area contributed by atoms with Gasteiger partial charge in [0.2, 0.25) is 5.91 Å². The molecule has 5 heteroatoms. The summed E-state index contributed by atoms with van der Waals surface area (Å²) in [7, 11) is 0. The molecule has 1 unspecified atom stereocenters. The van der Waals surface area contributed by atoms with Gasteiger partial charge in [-0.25, -0.2) is 4.39 Å². The first-order chi connectivity index (χ1) is 8.88. The van der Waals surface area contributed by atoms with E-state index in [-0.39, 0.29) is 24.3 Å². The lowest BCUT2D eigenvalue weighted by atomic mass is 10.1. The Morgan fingerprint density at radius 3 is 2.68 bits per heavy atom. The van der Waals surface area contributed by atoms with Crippen molar-refractivity contribution in [1.29, 1.82) is 0 Å². The summed E-state index contributed by atoms with van der Waals surface area (Å²) < 4.78 is 18.4. The first-order valence-corrected chi connectivity index (χ1v) is 6.35. The monoisotopic (exact) mass is 268 g/mol. The number of nitrogens with two attached hydrogens (primary N) is 1. The molecule has 0 saturated carbocycles. The van der Waals surface area contributed by atoms with E-state index in [1.165, 1.54) is 18.2 Å². The molecule has 0 aliphatic rings. The number of benzene rings is 1. The topological polar surface area (TPSA) is 64.3 Å². The lowest BCUT2D eigenvalue weighted by Gasteiger charge is -2.15. The average molecular weight is 268 g/mol. The van der Waals surface area contributed by atoms with Crippen molar-refractivity contribution in [3.8, 4) is 0 Å². The SMILES string of the molecule is CC(C)CC(C)OCC(=O)Nc1ccc(F)c(N)c1. The summed E-state index contributed by atoms with van der Waals surface area (Å²) in [6.07, 6.45) is 0.931. The summed E-state index contributed by atoms with van der Waals surface area (Å²) in [5.41, 5.74) is 5.88. The number of rotatable bonds is 6. The number of carbonyl (C=O) groups excluding carboxylic acids is 1. The zero-order valence-corrected chi connectivity index (χ0v) is 11.6. The predicted molar refractivity (Wildman–Crippen MR) is 74.3 cm³/mol. The van der Waals surface area contributed by atoms with E-state index in [4.69, 9.17) is 10.5 Å². The molecule has 3 N–H and O–H groups in total. The molecule has 0 aromatic heterocycles. The molecule has 0 fully saturated rings. The van der Waals surface area contributed by atoms with Crippen LogP contribution >= 0.6 is 0 Å². The van der Waals surface area contributed by atoms with Crippen molar-refractivity contribution in [2.45, 2.75) is 33.3 Å². The second-order valence-corrected chi connectivity index (χ2v) is 5.04. The summed E-state index contributed by atoms with van der Waals surface area (Å²) in [5, 5.41) is 2.61. The number of nitrogens with one attached hydrogen (secondary N) is 1. The third-order valence-corrected chi connectivity index (χ3v) is 2.58. The molecule has 0 aliphatic carbocycles. The molecule has 0 heterocycles. The number of nitrogen functional groups attached to an aromatic ring is 1. The maximum Gasteiger partial charge on any atom is 0.250 e. The van der Waals surface area contributed by atoms with Gasteiger partial charge in [0.05, 0.1) is 11.8 Å². The fraction of sp³-hybridized carbons (Fsp3) is 0.500. The van der Waals surface area contributed by atoms with E-state index in [2.05, 4.69) is 19.2 Å². The van der Waals surface area contributed by atoms with Crippen LogP contribution in [0.5, 0.6) is 0 Å². The maximum absolute atomic E-state index is 12.9. The highest BCUT2D eigenvalue weighted by Gasteiger charge is 2.09. The van der Waals surface area contributed by atoms with Gasteiger partial charge in [0.1, 0.15) is 12.4 Å². The quantitative estimate of drug-likeness (QED) is 0.780. The minimum atomic E-state index is -0.500. The molecule has 1 aromatic carbocycles. The zero-order valence-electron chi connectivity index (χ0n) is 11.6. The van der Waals surface area contributed by atoms with Gasteiger partial charge in [-0.1, -0.05) is 13.8 Å². The van der Waals surface area contributed by atoms with Crippen molar-refractivity contribution in [3.05, 3.63) is 24.0 Å². The van der Waals surface area contributed by atoms with E-state index in [1.807, 2.05) is 6.92 Å². The number of hydrogen-bond acceptors (Lipinski definition) is 3. The van der Waals surface area contributed by atoms with Crippen molar-refractivity contribution in [3.63, 3.8) is 0 Å². The van der Waals surface area contributed by atoms with Crippen LogP contribution in [0.1, 0.15) is 27.2 Å². The minimum absolute atomic E-state index is 0.00638. The van der Waals surface area contributed by atoms with Gasteiger partial charge in [0, 0.05) is 5.69 Å². The Bertz CT molecular complexity index is 435. The smallest absolute Gasteiger partial charge is 0.250 e. The Hall–Kier alpha value is -1.62. The molecule has 0 spiro atoms. The van der Waals surface area contributed by atoms with Crippen LogP contribution in [0.2, 0.25) is 0 Å². The van der Waals surface area contributed by atoms with Gasteiger partial charge in [-0.05, 0) is 37.5 Å². The molecule has 4 nitrogen and oxygen atoms in total. The Morgan fingerprint density at radius 1 is 1.42 bits per heavy atom. The predicted octanol–water partition coefficient (Wildman–Crippen LogP) is 2.80. The van der Waals surface area contributed by atoms with Gasteiger partial charge >= 0.3 is 0 Å². The van der Waals surface area contributed by atoms with Crippen LogP contribution in [0.15, 0.2) is 18.2 Å². The molecule has 106 valence electrons. The Kier molecular flexibility index (Phi) is 5.76. The van der Waals surface area contributed by atoms with Crippen LogP contribution in [-0.2, 0) is 9.53 Å². The maximum atomic E-state index is 12.9. The van der Waals surface area contributed by atoms with Gasteiger partial charge in [-0.2, -0.15) is 0 Å². The van der Waals surface area contributed by atoms with E-state index < -0.39 is 5.82 Å². The zero-order chi connectivity index (χ0) is 14.4. The third kappa shape index (κ3) is 5.70. The van der Waals surface area contributed by atoms with Crippen molar-refractivity contribution >= 4 is 17.3 Å². The van der Waals surface area contributed by atoms with Crippen LogP contribution in [-0.4, -0.2) is 18.6 Å². The normalized spacial score (nSPS) is 12.5. The summed E-state index contributed by atoms with van der Waals surface area (Å²) in [5.74, 6) is -0.253. The van der Waals surface area contributed by atoms with Crippen LogP contribution in [0.3, 0.4) is 0 Å². The second kappa shape index (κ2) is 7.09. The van der Waals surface area contributed by atoms with Crippen molar-refractivity contribution in [1.82, 2.24) is 0 Å². The highest BCUT2D eigenvalue weighted by atomic mass is 19.1. The number of amides is 1. The first-order valence-electron chi connectivity index (χ1n) is 6.35. The fourth-order valence-electron chi connectivity index (χ4n) is 1.77. The van der Waals surface area contributed by atoms with Crippen LogP contribution in [0.4, 0.5) is 15.8 Å². The second-order valence-electron chi connectivity index (χ2n) is 5.04. The highest BCUT2D eigenvalue weighted by Crippen LogP contribution is 2.16. The van der Waals surface area contributed by atoms with Crippen LogP contribution in [0, 0.1) is 11.7 Å². The molecular weight excluding hydrogens is 247 g/mol. The lowest BCUT2D eigenvalue weighted by molar-refractivity contribution is -0.122. The van der Waals surface area contributed by atoms with Crippen LogP contribution in [0.25, 0.3) is 0 Å². The number of ether oxygens (including phenoxy) is 1. The number of carbonyl (C=O) groups is 1. The van der Waals surface area contributed by atoms with Gasteiger partial charge in [0.15, 0.2) is 0 Å². The Morgan fingerprint density at radius 2 is 2.11 bits per heavy atom. The summed E-state index contributed by atoms with van der Waals surface area (Å²) in [4.78, 5) is 11.6. The van der Waals surface area contributed by atoms with Gasteiger partial charge in [-0.3, -0.25) is 4.79 Å². The largest absolute Gasteiger partial charge is 0.396 e. The van der Waals surface area contributed by atoms with E-state index in [9.17, 15) is 9.18 Å². The standard InChI is InChI=1S/C14H21FN2O2/c1-9(2)6-10(3)19-8-14(18)17-11-4-5-12(15)13(16)7-11/h4-5,7,9-10H,6,8,16H2,1-3H3,(H,17,18). The molecular formula is C14H21FN2O2. The summed E-state index contributed by atoms with van der Waals surface area (Å²) in [6, 6.07) is 4.05. The van der Waals surface area contributed by atoms with E-state index in [0.717, 1.165) is 6.42 Å².